The van der Waals surface area contributed by atoms with Crippen LogP contribution in [0.2, 0.25) is 0 Å². The first-order valence-corrected chi connectivity index (χ1v) is 7.59. The van der Waals surface area contributed by atoms with Crippen LogP contribution in [0.4, 0.5) is 0 Å². The number of ether oxygens (including phenoxy) is 1. The Morgan fingerprint density at radius 2 is 2.00 bits per heavy atom. The monoisotopic (exact) mass is 328 g/mol. The zero-order valence-electron chi connectivity index (χ0n) is 14.0. The highest BCUT2D eigenvalue weighted by atomic mass is 35.5. The number of halogens is 1. The first kappa shape index (κ1) is 20.7. The van der Waals surface area contributed by atoms with Gasteiger partial charge in [0.1, 0.15) is 5.75 Å². The van der Waals surface area contributed by atoms with Crippen molar-refractivity contribution in [3.63, 3.8) is 0 Å². The number of hydrogen-bond acceptors (Lipinski definition) is 3. The standard InChI is InChI=1S/C17H28N2O2.ClH/c1-13(16(20)19-11-6-5-10-18)21-15-9-7-8-14(12-15)17(2,3)4;/h7-9,12-13H,5-6,10-11,18H2,1-4H3,(H,19,20);1H. The third-order valence-corrected chi connectivity index (χ3v) is 3.31. The predicted octanol–water partition coefficient (Wildman–Crippen LogP) is 3.03. The molecule has 1 unspecified atom stereocenters. The Balaban J connectivity index is 0.00000441. The summed E-state index contributed by atoms with van der Waals surface area (Å²) in [5.41, 5.74) is 6.67. The zero-order chi connectivity index (χ0) is 15.9. The van der Waals surface area contributed by atoms with Gasteiger partial charge in [0, 0.05) is 6.54 Å². The van der Waals surface area contributed by atoms with Crippen molar-refractivity contribution >= 4 is 18.3 Å². The first-order chi connectivity index (χ1) is 9.84. The molecule has 0 bridgehead atoms. The fourth-order valence-corrected chi connectivity index (χ4v) is 1.92. The minimum atomic E-state index is -0.502. The van der Waals surface area contributed by atoms with Gasteiger partial charge in [0.15, 0.2) is 6.10 Å². The van der Waals surface area contributed by atoms with Crippen LogP contribution in [0.1, 0.15) is 46.1 Å². The lowest BCUT2D eigenvalue weighted by Gasteiger charge is -2.21. The number of hydrogen-bond donors (Lipinski definition) is 2. The smallest absolute Gasteiger partial charge is 0.260 e. The molecule has 0 aliphatic carbocycles. The van der Waals surface area contributed by atoms with Crippen LogP contribution < -0.4 is 15.8 Å². The Hall–Kier alpha value is -1.26. The molecule has 1 aromatic carbocycles. The maximum Gasteiger partial charge on any atom is 0.260 e. The molecular formula is C17H29ClN2O2. The summed E-state index contributed by atoms with van der Waals surface area (Å²) in [6.45, 7) is 9.52. The van der Waals surface area contributed by atoms with Crippen LogP contribution in [0, 0.1) is 0 Å². The third-order valence-electron chi connectivity index (χ3n) is 3.31. The third kappa shape index (κ3) is 7.14. The minimum Gasteiger partial charge on any atom is -0.481 e. The number of carbonyl (C=O) groups excluding carboxylic acids is 1. The second kappa shape index (κ2) is 9.70. The lowest BCUT2D eigenvalue weighted by molar-refractivity contribution is -0.127. The van der Waals surface area contributed by atoms with E-state index in [-0.39, 0.29) is 23.7 Å². The number of nitrogens with one attached hydrogen (secondary N) is 1. The van der Waals surface area contributed by atoms with Gasteiger partial charge in [-0.1, -0.05) is 32.9 Å². The molecule has 0 saturated heterocycles. The molecule has 1 atom stereocenters. The van der Waals surface area contributed by atoms with Gasteiger partial charge in [0.2, 0.25) is 0 Å². The maximum atomic E-state index is 11.9. The average molecular weight is 329 g/mol. The molecule has 0 aliphatic heterocycles. The molecule has 3 N–H and O–H groups in total. The van der Waals surface area contributed by atoms with Crippen LogP contribution in [0.25, 0.3) is 0 Å². The van der Waals surface area contributed by atoms with Gasteiger partial charge >= 0.3 is 0 Å². The van der Waals surface area contributed by atoms with Crippen LogP contribution in [0.5, 0.6) is 5.75 Å². The molecule has 1 rings (SSSR count). The van der Waals surface area contributed by atoms with Gasteiger partial charge < -0.3 is 15.8 Å². The lowest BCUT2D eigenvalue weighted by Crippen LogP contribution is -2.37. The largest absolute Gasteiger partial charge is 0.481 e. The van der Waals surface area contributed by atoms with Gasteiger partial charge in [-0.15, -0.1) is 12.4 Å². The normalized spacial score (nSPS) is 12.2. The fraction of sp³-hybridized carbons (Fsp3) is 0.588. The van der Waals surface area contributed by atoms with E-state index in [9.17, 15) is 4.79 Å². The van der Waals surface area contributed by atoms with E-state index in [0.29, 0.717) is 13.1 Å². The Kier molecular flexibility index (Phi) is 9.14. The van der Waals surface area contributed by atoms with E-state index in [1.54, 1.807) is 6.92 Å². The highest BCUT2D eigenvalue weighted by Crippen LogP contribution is 2.26. The first-order valence-electron chi connectivity index (χ1n) is 7.59. The molecular weight excluding hydrogens is 300 g/mol. The Morgan fingerprint density at radius 1 is 1.32 bits per heavy atom. The predicted molar refractivity (Wildman–Crippen MR) is 93.8 cm³/mol. The molecule has 0 heterocycles. The van der Waals surface area contributed by atoms with E-state index in [2.05, 4.69) is 32.2 Å². The average Bonchev–Trinajstić information content (AvgIpc) is 2.42. The van der Waals surface area contributed by atoms with Crippen LogP contribution in [0.15, 0.2) is 24.3 Å². The van der Waals surface area contributed by atoms with Crippen molar-refractivity contribution in [3.8, 4) is 5.75 Å². The van der Waals surface area contributed by atoms with E-state index in [1.807, 2.05) is 18.2 Å². The second-order valence-electron chi connectivity index (χ2n) is 6.32. The van der Waals surface area contributed by atoms with Crippen molar-refractivity contribution in [1.29, 1.82) is 0 Å². The summed E-state index contributed by atoms with van der Waals surface area (Å²) >= 11 is 0. The molecule has 126 valence electrons. The Bertz CT molecular complexity index is 458. The van der Waals surface area contributed by atoms with E-state index in [1.165, 1.54) is 5.56 Å². The number of unbranched alkanes of at least 4 members (excludes halogenated alkanes) is 1. The summed E-state index contributed by atoms with van der Waals surface area (Å²) in [6, 6.07) is 7.91. The van der Waals surface area contributed by atoms with Crippen molar-refractivity contribution in [2.75, 3.05) is 13.1 Å². The molecule has 22 heavy (non-hydrogen) atoms. The number of carbonyl (C=O) groups is 1. The molecule has 0 radical (unpaired) electrons. The zero-order valence-corrected chi connectivity index (χ0v) is 14.8. The van der Waals surface area contributed by atoms with Crippen molar-refractivity contribution in [2.24, 2.45) is 5.73 Å². The molecule has 0 aromatic heterocycles. The summed E-state index contributed by atoms with van der Waals surface area (Å²) in [7, 11) is 0. The lowest BCUT2D eigenvalue weighted by atomic mass is 9.87. The number of benzene rings is 1. The Morgan fingerprint density at radius 3 is 2.59 bits per heavy atom. The molecule has 0 saturated carbocycles. The number of amides is 1. The van der Waals surface area contributed by atoms with Crippen molar-refractivity contribution in [2.45, 2.75) is 52.1 Å². The van der Waals surface area contributed by atoms with Gasteiger partial charge in [-0.3, -0.25) is 4.79 Å². The second-order valence-corrected chi connectivity index (χ2v) is 6.32. The fourth-order valence-electron chi connectivity index (χ4n) is 1.92. The van der Waals surface area contributed by atoms with Gasteiger partial charge in [-0.25, -0.2) is 0 Å². The minimum absolute atomic E-state index is 0. The van der Waals surface area contributed by atoms with Crippen molar-refractivity contribution in [3.05, 3.63) is 29.8 Å². The van der Waals surface area contributed by atoms with Crippen molar-refractivity contribution < 1.29 is 9.53 Å². The molecule has 1 aromatic rings. The Labute approximate surface area is 140 Å². The van der Waals surface area contributed by atoms with Gasteiger partial charge in [0.05, 0.1) is 0 Å². The highest BCUT2D eigenvalue weighted by molar-refractivity contribution is 5.85. The van der Waals surface area contributed by atoms with Crippen LogP contribution in [0.3, 0.4) is 0 Å². The topological polar surface area (TPSA) is 64.3 Å². The highest BCUT2D eigenvalue weighted by Gasteiger charge is 2.17. The van der Waals surface area contributed by atoms with Crippen LogP contribution in [-0.2, 0) is 10.2 Å². The van der Waals surface area contributed by atoms with E-state index in [0.717, 1.165) is 18.6 Å². The van der Waals surface area contributed by atoms with Crippen LogP contribution >= 0.6 is 12.4 Å². The summed E-state index contributed by atoms with van der Waals surface area (Å²) in [5.74, 6) is 0.639. The van der Waals surface area contributed by atoms with Crippen molar-refractivity contribution in [1.82, 2.24) is 5.32 Å². The summed E-state index contributed by atoms with van der Waals surface area (Å²) in [5, 5.41) is 2.86. The van der Waals surface area contributed by atoms with Gasteiger partial charge in [-0.05, 0) is 49.4 Å². The van der Waals surface area contributed by atoms with Gasteiger partial charge in [-0.2, -0.15) is 0 Å². The van der Waals surface area contributed by atoms with Crippen LogP contribution in [-0.4, -0.2) is 25.1 Å². The van der Waals surface area contributed by atoms with Gasteiger partial charge in [0.25, 0.3) is 5.91 Å². The molecule has 1 amide bonds. The molecule has 0 fully saturated rings. The molecule has 4 nitrogen and oxygen atoms in total. The molecule has 0 aliphatic rings. The summed E-state index contributed by atoms with van der Waals surface area (Å²) < 4.78 is 5.73. The maximum absolute atomic E-state index is 11.9. The SMILES string of the molecule is CC(Oc1cccc(C(C)(C)C)c1)C(=O)NCCCCN.Cl. The quantitative estimate of drug-likeness (QED) is 0.756. The molecule has 0 spiro atoms. The molecule has 5 heteroatoms. The van der Waals surface area contributed by atoms with E-state index < -0.39 is 6.10 Å². The summed E-state index contributed by atoms with van der Waals surface area (Å²) in [6.07, 6.45) is 1.32. The number of nitrogens with two attached hydrogens (primary N) is 1. The van der Waals surface area contributed by atoms with E-state index in [4.69, 9.17) is 10.5 Å². The summed E-state index contributed by atoms with van der Waals surface area (Å²) in [4.78, 5) is 11.9. The number of rotatable bonds is 7. The van der Waals surface area contributed by atoms with E-state index >= 15 is 0 Å².